The summed E-state index contributed by atoms with van der Waals surface area (Å²) in [5.41, 5.74) is 1.22. The first-order valence-electron chi connectivity index (χ1n) is 9.55. The van der Waals surface area contributed by atoms with Crippen LogP contribution in [0.5, 0.6) is 5.75 Å². The number of hydrogen-bond donors (Lipinski definition) is 0. The lowest BCUT2D eigenvalue weighted by molar-refractivity contribution is -0.132. The van der Waals surface area contributed by atoms with Gasteiger partial charge in [0, 0.05) is 26.9 Å². The van der Waals surface area contributed by atoms with Gasteiger partial charge in [-0.2, -0.15) is 0 Å². The molecular formula is C20H26FN5O3. The first-order valence-corrected chi connectivity index (χ1v) is 9.55. The van der Waals surface area contributed by atoms with Crippen molar-refractivity contribution in [2.45, 2.75) is 38.0 Å². The summed E-state index contributed by atoms with van der Waals surface area (Å²) in [6.45, 7) is 0.388. The minimum Gasteiger partial charge on any atom is -0.497 e. The number of carbonyl (C=O) groups excluding carboxylic acids is 2. The van der Waals surface area contributed by atoms with Crippen molar-refractivity contribution in [2.75, 3.05) is 27.7 Å². The van der Waals surface area contributed by atoms with Crippen LogP contribution in [0.2, 0.25) is 0 Å². The van der Waals surface area contributed by atoms with E-state index in [1.165, 1.54) is 15.8 Å². The van der Waals surface area contributed by atoms with E-state index in [1.807, 2.05) is 24.3 Å². The molecule has 0 spiro atoms. The van der Waals surface area contributed by atoms with Crippen molar-refractivity contribution in [3.05, 3.63) is 41.7 Å². The van der Waals surface area contributed by atoms with Gasteiger partial charge in [0.05, 0.1) is 32.4 Å². The molecule has 1 aliphatic heterocycles. The maximum absolute atomic E-state index is 14.1. The lowest BCUT2D eigenvalue weighted by Crippen LogP contribution is -2.38. The number of halogens is 1. The van der Waals surface area contributed by atoms with Crippen LogP contribution in [-0.4, -0.2) is 76.6 Å². The largest absolute Gasteiger partial charge is 0.497 e. The standard InChI is InChI=1S/C20H26FN5O3/c1-24(2)20(28)18-13-25(23-22-18)12-16-10-15(21)11-26(16)19(27)8-7-14-5-4-6-17(9-14)29-3/h4-6,9,13,15-16H,7-8,10-12H2,1-3H3. The Bertz CT molecular complexity index is 869. The molecule has 2 unspecified atom stereocenters. The topological polar surface area (TPSA) is 80.6 Å². The molecule has 1 aromatic heterocycles. The molecule has 2 aromatic rings. The molecule has 9 heteroatoms. The van der Waals surface area contributed by atoms with Gasteiger partial charge in [0.2, 0.25) is 5.91 Å². The van der Waals surface area contributed by atoms with Crippen LogP contribution in [0, 0.1) is 0 Å². The smallest absolute Gasteiger partial charge is 0.275 e. The Hall–Kier alpha value is -2.97. The number of nitrogens with zero attached hydrogens (tertiary/aromatic N) is 5. The number of amides is 2. The summed E-state index contributed by atoms with van der Waals surface area (Å²) in [4.78, 5) is 27.7. The van der Waals surface area contributed by atoms with Crippen molar-refractivity contribution in [3.63, 3.8) is 0 Å². The third-order valence-corrected chi connectivity index (χ3v) is 5.01. The van der Waals surface area contributed by atoms with Gasteiger partial charge in [-0.3, -0.25) is 9.59 Å². The van der Waals surface area contributed by atoms with E-state index in [0.717, 1.165) is 11.3 Å². The van der Waals surface area contributed by atoms with Gasteiger partial charge in [-0.1, -0.05) is 17.3 Å². The first kappa shape index (κ1) is 20.8. The second-order valence-corrected chi connectivity index (χ2v) is 7.41. The van der Waals surface area contributed by atoms with Gasteiger partial charge in [0.15, 0.2) is 5.69 Å². The van der Waals surface area contributed by atoms with Gasteiger partial charge in [-0.25, -0.2) is 9.07 Å². The highest BCUT2D eigenvalue weighted by molar-refractivity contribution is 5.91. The number of ether oxygens (including phenoxy) is 1. The monoisotopic (exact) mass is 403 g/mol. The van der Waals surface area contributed by atoms with E-state index in [0.29, 0.717) is 13.0 Å². The summed E-state index contributed by atoms with van der Waals surface area (Å²) in [6.07, 6.45) is 1.57. The van der Waals surface area contributed by atoms with Gasteiger partial charge < -0.3 is 14.5 Å². The average Bonchev–Trinajstić information content (AvgIpc) is 3.32. The minimum atomic E-state index is -1.06. The SMILES string of the molecule is COc1cccc(CCC(=O)N2CC(F)CC2Cn2cc(C(=O)N(C)C)nn2)c1. The maximum atomic E-state index is 14.1. The van der Waals surface area contributed by atoms with Gasteiger partial charge >= 0.3 is 0 Å². The van der Waals surface area contributed by atoms with Crippen molar-refractivity contribution in [2.24, 2.45) is 0 Å². The molecule has 0 saturated carbocycles. The van der Waals surface area contributed by atoms with Crippen molar-refractivity contribution < 1.29 is 18.7 Å². The predicted molar refractivity (Wildman–Crippen MR) is 104 cm³/mol. The van der Waals surface area contributed by atoms with Crippen LogP contribution < -0.4 is 4.74 Å². The van der Waals surface area contributed by atoms with Crippen LogP contribution in [0.3, 0.4) is 0 Å². The van der Waals surface area contributed by atoms with E-state index in [1.54, 1.807) is 26.1 Å². The summed E-state index contributed by atoms with van der Waals surface area (Å²) < 4.78 is 20.8. The number of aryl methyl sites for hydroxylation is 1. The zero-order chi connectivity index (χ0) is 21.0. The second-order valence-electron chi connectivity index (χ2n) is 7.41. The summed E-state index contributed by atoms with van der Waals surface area (Å²) >= 11 is 0. The lowest BCUT2D eigenvalue weighted by Gasteiger charge is -2.24. The molecule has 1 fully saturated rings. The molecule has 2 amide bonds. The molecule has 0 radical (unpaired) electrons. The van der Waals surface area contributed by atoms with Gasteiger partial charge in [0.25, 0.3) is 5.91 Å². The summed E-state index contributed by atoms with van der Waals surface area (Å²) in [5, 5.41) is 7.83. The van der Waals surface area contributed by atoms with E-state index >= 15 is 0 Å². The van der Waals surface area contributed by atoms with Gasteiger partial charge in [-0.15, -0.1) is 5.10 Å². The van der Waals surface area contributed by atoms with Crippen molar-refractivity contribution in [3.8, 4) is 5.75 Å². The molecule has 0 bridgehead atoms. The fourth-order valence-electron chi connectivity index (χ4n) is 3.49. The number of hydrogen-bond acceptors (Lipinski definition) is 5. The quantitative estimate of drug-likeness (QED) is 0.701. The Balaban J connectivity index is 1.62. The molecule has 1 aliphatic rings. The third-order valence-electron chi connectivity index (χ3n) is 5.01. The zero-order valence-electron chi connectivity index (χ0n) is 16.9. The van der Waals surface area contributed by atoms with E-state index in [2.05, 4.69) is 10.3 Å². The Morgan fingerprint density at radius 3 is 2.86 bits per heavy atom. The summed E-state index contributed by atoms with van der Waals surface area (Å²) in [5.74, 6) is 0.395. The number of likely N-dealkylation sites (tertiary alicyclic amines) is 1. The summed E-state index contributed by atoms with van der Waals surface area (Å²) in [6, 6.07) is 7.25. The molecule has 1 saturated heterocycles. The highest BCUT2D eigenvalue weighted by Gasteiger charge is 2.35. The van der Waals surface area contributed by atoms with Crippen LogP contribution in [0.1, 0.15) is 28.9 Å². The lowest BCUT2D eigenvalue weighted by atomic mass is 10.1. The number of benzene rings is 1. The van der Waals surface area contributed by atoms with Crippen LogP contribution in [0.25, 0.3) is 0 Å². The Labute approximate surface area is 169 Å². The molecule has 2 atom stereocenters. The molecule has 0 N–H and O–H groups in total. The average molecular weight is 403 g/mol. The number of carbonyl (C=O) groups is 2. The molecule has 156 valence electrons. The normalized spacial score (nSPS) is 18.7. The second kappa shape index (κ2) is 9.02. The number of aromatic nitrogens is 3. The highest BCUT2D eigenvalue weighted by Crippen LogP contribution is 2.23. The van der Waals surface area contributed by atoms with Crippen molar-refractivity contribution >= 4 is 11.8 Å². The molecule has 29 heavy (non-hydrogen) atoms. The first-order chi connectivity index (χ1) is 13.9. The molecule has 1 aromatic carbocycles. The number of rotatable bonds is 7. The van der Waals surface area contributed by atoms with Crippen molar-refractivity contribution in [1.82, 2.24) is 24.8 Å². The fraction of sp³-hybridized carbons (Fsp3) is 0.500. The zero-order valence-corrected chi connectivity index (χ0v) is 16.9. The Morgan fingerprint density at radius 1 is 1.34 bits per heavy atom. The Kier molecular flexibility index (Phi) is 6.46. The highest BCUT2D eigenvalue weighted by atomic mass is 19.1. The molecule has 0 aliphatic carbocycles. The van der Waals surface area contributed by atoms with Crippen LogP contribution in [0.15, 0.2) is 30.5 Å². The number of alkyl halides is 1. The van der Waals surface area contributed by atoms with Gasteiger partial charge in [-0.05, 0) is 24.1 Å². The van der Waals surface area contributed by atoms with Crippen molar-refractivity contribution in [1.29, 1.82) is 0 Å². The number of methoxy groups -OCH3 is 1. The molecular weight excluding hydrogens is 377 g/mol. The molecule has 3 rings (SSSR count). The van der Waals surface area contributed by atoms with Crippen LogP contribution >= 0.6 is 0 Å². The summed E-state index contributed by atoms with van der Waals surface area (Å²) in [7, 11) is 4.87. The van der Waals surface area contributed by atoms with E-state index in [9.17, 15) is 14.0 Å². The minimum absolute atomic E-state index is 0.0831. The molecule has 2 heterocycles. The third kappa shape index (κ3) is 5.10. The molecule has 8 nitrogen and oxygen atoms in total. The maximum Gasteiger partial charge on any atom is 0.275 e. The van der Waals surface area contributed by atoms with E-state index in [-0.39, 0.29) is 42.9 Å². The van der Waals surface area contributed by atoms with E-state index < -0.39 is 6.17 Å². The van der Waals surface area contributed by atoms with Crippen LogP contribution in [-0.2, 0) is 17.8 Å². The Morgan fingerprint density at radius 2 is 2.14 bits per heavy atom. The predicted octanol–water partition coefficient (Wildman–Crippen LogP) is 1.56. The van der Waals surface area contributed by atoms with Gasteiger partial charge in [0.1, 0.15) is 11.9 Å². The fourth-order valence-corrected chi connectivity index (χ4v) is 3.49. The van der Waals surface area contributed by atoms with E-state index in [4.69, 9.17) is 4.74 Å². The van der Waals surface area contributed by atoms with Crippen LogP contribution in [0.4, 0.5) is 4.39 Å².